The molecular weight excluding hydrogens is 190 g/mol. The third-order valence-electron chi connectivity index (χ3n) is 2.02. The first-order valence-electron chi connectivity index (χ1n) is 4.93. The molecule has 0 aromatic heterocycles. The van der Waals surface area contributed by atoms with Crippen molar-refractivity contribution in [1.29, 1.82) is 5.26 Å². The van der Waals surface area contributed by atoms with Crippen molar-refractivity contribution in [1.82, 2.24) is 0 Å². The molecule has 0 saturated heterocycles. The fraction of sp³-hybridized carbons (Fsp3) is 0.333. The Bertz CT molecular complexity index is 379. The average Bonchev–Trinajstić information content (AvgIpc) is 2.27. The predicted molar refractivity (Wildman–Crippen MR) is 56.3 cm³/mol. The van der Waals surface area contributed by atoms with Crippen LogP contribution in [-0.2, 0) is 11.2 Å². The van der Waals surface area contributed by atoms with Gasteiger partial charge in [-0.2, -0.15) is 5.26 Å². The lowest BCUT2D eigenvalue weighted by molar-refractivity contribution is -0.134. The van der Waals surface area contributed by atoms with Gasteiger partial charge in [0.05, 0.1) is 12.5 Å². The van der Waals surface area contributed by atoms with Crippen LogP contribution in [-0.4, -0.2) is 5.97 Å². The third kappa shape index (κ3) is 3.43. The van der Waals surface area contributed by atoms with Crippen LogP contribution in [0.5, 0.6) is 5.75 Å². The van der Waals surface area contributed by atoms with Gasteiger partial charge in [0.25, 0.3) is 0 Å². The highest BCUT2D eigenvalue weighted by molar-refractivity contribution is 5.73. The van der Waals surface area contributed by atoms with E-state index in [0.717, 1.165) is 12.0 Å². The van der Waals surface area contributed by atoms with Gasteiger partial charge in [0.1, 0.15) is 5.75 Å². The molecule has 0 N–H and O–H groups in total. The van der Waals surface area contributed by atoms with Gasteiger partial charge in [-0.15, -0.1) is 0 Å². The first-order chi connectivity index (χ1) is 7.27. The minimum absolute atomic E-state index is 0.147. The lowest BCUT2D eigenvalue weighted by Crippen LogP contribution is -2.08. The van der Waals surface area contributed by atoms with Gasteiger partial charge in [0.15, 0.2) is 0 Å². The maximum Gasteiger partial charge on any atom is 0.312 e. The molecule has 0 heterocycles. The number of rotatable bonds is 4. The van der Waals surface area contributed by atoms with Gasteiger partial charge in [-0.3, -0.25) is 4.79 Å². The molecule has 0 amide bonds. The Balaban J connectivity index is 2.64. The van der Waals surface area contributed by atoms with Crippen molar-refractivity contribution in [3.05, 3.63) is 29.8 Å². The minimum atomic E-state index is -0.350. The Kier molecular flexibility index (Phi) is 4.36. The highest BCUT2D eigenvalue weighted by atomic mass is 16.5. The summed E-state index contributed by atoms with van der Waals surface area (Å²) in [5, 5.41) is 8.32. The fourth-order valence-corrected chi connectivity index (χ4v) is 1.23. The van der Waals surface area contributed by atoms with Gasteiger partial charge >= 0.3 is 5.97 Å². The summed E-state index contributed by atoms with van der Waals surface area (Å²) in [6.45, 7) is 2.00. The summed E-state index contributed by atoms with van der Waals surface area (Å²) in [6, 6.07) is 9.34. The maximum absolute atomic E-state index is 11.3. The van der Waals surface area contributed by atoms with E-state index in [1.165, 1.54) is 0 Å². The molecule has 15 heavy (non-hydrogen) atoms. The monoisotopic (exact) mass is 203 g/mol. The van der Waals surface area contributed by atoms with E-state index >= 15 is 0 Å². The van der Waals surface area contributed by atoms with E-state index in [9.17, 15) is 4.79 Å². The molecule has 1 aromatic rings. The van der Waals surface area contributed by atoms with E-state index in [2.05, 4.69) is 0 Å². The zero-order chi connectivity index (χ0) is 11.1. The quantitative estimate of drug-likeness (QED) is 0.558. The summed E-state index contributed by atoms with van der Waals surface area (Å²) >= 11 is 0. The van der Waals surface area contributed by atoms with Crippen LogP contribution in [0.15, 0.2) is 24.3 Å². The third-order valence-corrected chi connectivity index (χ3v) is 2.02. The molecule has 0 bridgehead atoms. The molecule has 0 atom stereocenters. The van der Waals surface area contributed by atoms with Crippen LogP contribution < -0.4 is 4.74 Å². The van der Waals surface area contributed by atoms with E-state index in [4.69, 9.17) is 10.00 Å². The molecule has 3 heteroatoms. The number of nitriles is 1. The summed E-state index contributed by atoms with van der Waals surface area (Å²) in [5.74, 6) is 0.250. The van der Waals surface area contributed by atoms with Crippen LogP contribution in [0, 0.1) is 11.3 Å². The molecule has 1 rings (SSSR count). The van der Waals surface area contributed by atoms with Crippen LogP contribution in [0.3, 0.4) is 0 Å². The van der Waals surface area contributed by atoms with Crippen LogP contribution in [0.1, 0.15) is 25.3 Å². The summed E-state index contributed by atoms with van der Waals surface area (Å²) in [5.41, 5.74) is 1.00. The van der Waals surface area contributed by atoms with Crippen molar-refractivity contribution in [2.75, 3.05) is 0 Å². The summed E-state index contributed by atoms with van der Waals surface area (Å²) in [7, 11) is 0. The van der Waals surface area contributed by atoms with E-state index in [1.54, 1.807) is 6.07 Å². The Morgan fingerprint density at radius 1 is 1.47 bits per heavy atom. The van der Waals surface area contributed by atoms with Crippen LogP contribution in [0.25, 0.3) is 0 Å². The van der Waals surface area contributed by atoms with E-state index < -0.39 is 0 Å². The molecule has 3 nitrogen and oxygen atoms in total. The van der Waals surface area contributed by atoms with Crippen LogP contribution in [0.2, 0.25) is 0 Å². The van der Waals surface area contributed by atoms with Gasteiger partial charge < -0.3 is 4.74 Å². The number of esters is 1. The number of hydrogen-bond donors (Lipinski definition) is 0. The second-order valence-corrected chi connectivity index (χ2v) is 3.09. The highest BCUT2D eigenvalue weighted by Gasteiger charge is 2.06. The van der Waals surface area contributed by atoms with Gasteiger partial charge in [0, 0.05) is 6.42 Å². The minimum Gasteiger partial charge on any atom is -0.426 e. The van der Waals surface area contributed by atoms with Gasteiger partial charge in [-0.1, -0.05) is 25.1 Å². The summed E-state index contributed by atoms with van der Waals surface area (Å²) < 4.78 is 5.15. The molecule has 0 spiro atoms. The Morgan fingerprint density at radius 3 is 2.87 bits per heavy atom. The van der Waals surface area contributed by atoms with Crippen molar-refractivity contribution >= 4 is 5.97 Å². The van der Waals surface area contributed by atoms with Crippen LogP contribution >= 0.6 is 0 Å². The van der Waals surface area contributed by atoms with Gasteiger partial charge in [-0.05, 0) is 18.1 Å². The lowest BCUT2D eigenvalue weighted by Gasteiger charge is -2.07. The van der Waals surface area contributed by atoms with Crippen molar-refractivity contribution in [3.8, 4) is 11.8 Å². The molecular formula is C12H13NO2. The number of benzene rings is 1. The lowest BCUT2D eigenvalue weighted by atomic mass is 10.1. The van der Waals surface area contributed by atoms with Crippen molar-refractivity contribution in [3.63, 3.8) is 0 Å². The molecule has 0 fully saturated rings. The van der Waals surface area contributed by atoms with E-state index in [1.807, 2.05) is 31.2 Å². The molecule has 1 aromatic carbocycles. The SMILES string of the molecule is CCc1ccccc1OC(=O)CCC#N. The van der Waals surface area contributed by atoms with Crippen molar-refractivity contribution in [2.45, 2.75) is 26.2 Å². The molecule has 0 saturated carbocycles. The molecule has 0 unspecified atom stereocenters. The van der Waals surface area contributed by atoms with E-state index in [-0.39, 0.29) is 18.8 Å². The molecule has 0 aliphatic rings. The maximum atomic E-state index is 11.3. The predicted octanol–water partition coefficient (Wildman–Crippen LogP) is 2.46. The zero-order valence-electron chi connectivity index (χ0n) is 8.69. The number of hydrogen-bond acceptors (Lipinski definition) is 3. The first-order valence-corrected chi connectivity index (χ1v) is 4.93. The number of para-hydroxylation sites is 1. The number of ether oxygens (including phenoxy) is 1. The molecule has 0 radical (unpaired) electrons. The molecule has 78 valence electrons. The zero-order valence-corrected chi connectivity index (χ0v) is 8.69. The number of carbonyl (C=O) groups excluding carboxylic acids is 1. The Morgan fingerprint density at radius 2 is 2.20 bits per heavy atom. The summed E-state index contributed by atoms with van der Waals surface area (Å²) in [6.07, 6.45) is 1.17. The molecule has 0 aliphatic carbocycles. The number of aryl methyl sites for hydroxylation is 1. The average molecular weight is 203 g/mol. The second-order valence-electron chi connectivity index (χ2n) is 3.09. The van der Waals surface area contributed by atoms with Crippen LogP contribution in [0.4, 0.5) is 0 Å². The molecule has 0 aliphatic heterocycles. The first kappa shape index (κ1) is 11.3. The Hall–Kier alpha value is -1.82. The fourth-order valence-electron chi connectivity index (χ4n) is 1.23. The van der Waals surface area contributed by atoms with Crippen molar-refractivity contribution < 1.29 is 9.53 Å². The van der Waals surface area contributed by atoms with Gasteiger partial charge in [0.2, 0.25) is 0 Å². The largest absolute Gasteiger partial charge is 0.426 e. The van der Waals surface area contributed by atoms with E-state index in [0.29, 0.717) is 5.75 Å². The topological polar surface area (TPSA) is 50.1 Å². The number of nitrogens with zero attached hydrogens (tertiary/aromatic N) is 1. The number of carbonyl (C=O) groups is 1. The highest BCUT2D eigenvalue weighted by Crippen LogP contribution is 2.18. The standard InChI is InChI=1S/C12H13NO2/c1-2-10-6-3-4-7-11(10)15-12(14)8-5-9-13/h3-4,6-7H,2,5,8H2,1H3. The smallest absolute Gasteiger partial charge is 0.312 e. The normalized spacial score (nSPS) is 9.33. The van der Waals surface area contributed by atoms with Gasteiger partial charge in [-0.25, -0.2) is 0 Å². The second kappa shape index (κ2) is 5.82. The van der Waals surface area contributed by atoms with Crippen molar-refractivity contribution in [2.24, 2.45) is 0 Å². The Labute approximate surface area is 89.3 Å². The summed E-state index contributed by atoms with van der Waals surface area (Å²) in [4.78, 5) is 11.3.